The van der Waals surface area contributed by atoms with Gasteiger partial charge in [-0.1, -0.05) is 0 Å². The number of ether oxygens (including phenoxy) is 1. The standard InChI is InChI=1S/C12H15NO4S/c1-17-7-9-3-5-18-10(9)11(14)13-4-2-8(6-13)12(15)16/h3,5,8H,2,4,6-7H2,1H3,(H,15,16). The fourth-order valence-electron chi connectivity index (χ4n) is 2.08. The molecule has 18 heavy (non-hydrogen) atoms. The van der Waals surface area contributed by atoms with Crippen LogP contribution in [0.2, 0.25) is 0 Å². The molecule has 1 aromatic rings. The maximum absolute atomic E-state index is 12.3. The highest BCUT2D eigenvalue weighted by Gasteiger charge is 2.32. The van der Waals surface area contributed by atoms with Gasteiger partial charge in [-0.05, 0) is 17.9 Å². The number of thiophene rings is 1. The number of rotatable bonds is 4. The summed E-state index contributed by atoms with van der Waals surface area (Å²) in [6.45, 7) is 1.22. The number of carbonyl (C=O) groups excluding carboxylic acids is 1. The largest absolute Gasteiger partial charge is 0.481 e. The molecule has 1 amide bonds. The molecule has 2 rings (SSSR count). The summed E-state index contributed by atoms with van der Waals surface area (Å²) in [6.07, 6.45) is 0.534. The Hall–Kier alpha value is -1.40. The van der Waals surface area contributed by atoms with Gasteiger partial charge >= 0.3 is 5.97 Å². The van der Waals surface area contributed by atoms with E-state index in [2.05, 4.69) is 0 Å². The fraction of sp³-hybridized carbons (Fsp3) is 0.500. The molecule has 1 fully saturated rings. The third kappa shape index (κ3) is 2.54. The number of aliphatic carboxylic acids is 1. The van der Waals surface area contributed by atoms with Crippen molar-refractivity contribution in [3.63, 3.8) is 0 Å². The number of carboxylic acid groups (broad SMARTS) is 1. The van der Waals surface area contributed by atoms with Gasteiger partial charge in [-0.15, -0.1) is 11.3 Å². The molecule has 0 bridgehead atoms. The minimum Gasteiger partial charge on any atom is -0.481 e. The fourth-order valence-corrected chi connectivity index (χ4v) is 2.96. The molecule has 1 saturated heterocycles. The van der Waals surface area contributed by atoms with E-state index < -0.39 is 11.9 Å². The third-order valence-electron chi connectivity index (χ3n) is 3.07. The van der Waals surface area contributed by atoms with Crippen LogP contribution >= 0.6 is 11.3 Å². The van der Waals surface area contributed by atoms with E-state index in [1.165, 1.54) is 11.3 Å². The average molecular weight is 269 g/mol. The second-order valence-corrected chi connectivity index (χ2v) is 5.20. The summed E-state index contributed by atoms with van der Waals surface area (Å²) >= 11 is 1.38. The maximum Gasteiger partial charge on any atom is 0.308 e. The van der Waals surface area contributed by atoms with Gasteiger partial charge in [0, 0.05) is 25.8 Å². The lowest BCUT2D eigenvalue weighted by Crippen LogP contribution is -2.30. The van der Waals surface area contributed by atoms with Gasteiger partial charge in [0.2, 0.25) is 0 Å². The van der Waals surface area contributed by atoms with Crippen LogP contribution in [0.1, 0.15) is 21.7 Å². The van der Waals surface area contributed by atoms with E-state index in [1.54, 1.807) is 12.0 Å². The number of likely N-dealkylation sites (tertiary alicyclic amines) is 1. The molecule has 6 heteroatoms. The summed E-state index contributed by atoms with van der Waals surface area (Å²) in [6, 6.07) is 1.87. The van der Waals surface area contributed by atoms with Gasteiger partial charge in [-0.25, -0.2) is 0 Å². The number of hydrogen-bond acceptors (Lipinski definition) is 4. The van der Waals surface area contributed by atoms with Crippen LogP contribution in [-0.2, 0) is 16.1 Å². The van der Waals surface area contributed by atoms with E-state index in [4.69, 9.17) is 9.84 Å². The summed E-state index contributed by atoms with van der Waals surface area (Å²) in [4.78, 5) is 25.4. The maximum atomic E-state index is 12.3. The van der Waals surface area contributed by atoms with Crippen LogP contribution in [0.25, 0.3) is 0 Å². The molecule has 0 aliphatic carbocycles. The quantitative estimate of drug-likeness (QED) is 0.898. The van der Waals surface area contributed by atoms with Gasteiger partial charge in [0.05, 0.1) is 17.4 Å². The van der Waals surface area contributed by atoms with Gasteiger partial charge in [0.25, 0.3) is 5.91 Å². The van der Waals surface area contributed by atoms with Gasteiger partial charge in [0.15, 0.2) is 0 Å². The van der Waals surface area contributed by atoms with Crippen molar-refractivity contribution in [3.8, 4) is 0 Å². The molecule has 0 saturated carbocycles. The molecule has 1 aliphatic rings. The SMILES string of the molecule is COCc1ccsc1C(=O)N1CCC(C(=O)O)C1. The Kier molecular flexibility index (Phi) is 3.98. The molecule has 1 N–H and O–H groups in total. The Morgan fingerprint density at radius 2 is 2.39 bits per heavy atom. The van der Waals surface area contributed by atoms with Crippen molar-refractivity contribution in [2.45, 2.75) is 13.0 Å². The Balaban J connectivity index is 2.08. The predicted octanol–water partition coefficient (Wildman–Crippen LogP) is 1.44. The number of methoxy groups -OCH3 is 1. The van der Waals surface area contributed by atoms with Crippen molar-refractivity contribution in [1.29, 1.82) is 0 Å². The molecule has 0 radical (unpaired) electrons. The number of carbonyl (C=O) groups is 2. The van der Waals surface area contributed by atoms with E-state index in [1.807, 2.05) is 11.4 Å². The zero-order valence-electron chi connectivity index (χ0n) is 10.1. The second kappa shape index (κ2) is 5.49. The molecular formula is C12H15NO4S. The minimum absolute atomic E-state index is 0.0826. The molecule has 98 valence electrons. The summed E-state index contributed by atoms with van der Waals surface area (Å²) in [5.41, 5.74) is 0.867. The minimum atomic E-state index is -0.825. The monoisotopic (exact) mass is 269 g/mol. The summed E-state index contributed by atoms with van der Waals surface area (Å²) in [5, 5.41) is 10.8. The van der Waals surface area contributed by atoms with Crippen LogP contribution in [0.4, 0.5) is 0 Å². The lowest BCUT2D eigenvalue weighted by molar-refractivity contribution is -0.141. The topological polar surface area (TPSA) is 66.8 Å². The van der Waals surface area contributed by atoms with E-state index in [0.29, 0.717) is 31.0 Å². The van der Waals surface area contributed by atoms with Crippen molar-refractivity contribution < 1.29 is 19.4 Å². The molecule has 5 nitrogen and oxygen atoms in total. The molecule has 2 heterocycles. The van der Waals surface area contributed by atoms with Crippen molar-refractivity contribution in [2.24, 2.45) is 5.92 Å². The van der Waals surface area contributed by atoms with Crippen molar-refractivity contribution in [1.82, 2.24) is 4.90 Å². The normalized spacial score (nSPS) is 19.2. The van der Waals surface area contributed by atoms with Gasteiger partial charge < -0.3 is 14.7 Å². The van der Waals surface area contributed by atoms with Gasteiger partial charge in [-0.3, -0.25) is 9.59 Å². The number of hydrogen-bond donors (Lipinski definition) is 1. The lowest BCUT2D eigenvalue weighted by atomic mass is 10.1. The van der Waals surface area contributed by atoms with Crippen LogP contribution in [0.5, 0.6) is 0 Å². The van der Waals surface area contributed by atoms with E-state index in [9.17, 15) is 9.59 Å². The molecule has 1 unspecified atom stereocenters. The number of carboxylic acids is 1. The number of nitrogens with zero attached hydrogens (tertiary/aromatic N) is 1. The van der Waals surface area contributed by atoms with E-state index >= 15 is 0 Å². The summed E-state index contributed by atoms with van der Waals surface area (Å²) in [7, 11) is 1.59. The second-order valence-electron chi connectivity index (χ2n) is 4.28. The first-order valence-corrected chi connectivity index (χ1v) is 6.59. The lowest BCUT2D eigenvalue weighted by Gasteiger charge is -2.15. The molecule has 1 aromatic heterocycles. The Morgan fingerprint density at radius 1 is 1.61 bits per heavy atom. The van der Waals surface area contributed by atoms with E-state index in [0.717, 1.165) is 5.56 Å². The zero-order valence-corrected chi connectivity index (χ0v) is 10.9. The molecule has 0 spiro atoms. The van der Waals surface area contributed by atoms with Crippen molar-refractivity contribution >= 4 is 23.2 Å². The first-order valence-electron chi connectivity index (χ1n) is 5.71. The van der Waals surface area contributed by atoms with Crippen molar-refractivity contribution in [2.75, 3.05) is 20.2 Å². The third-order valence-corrected chi connectivity index (χ3v) is 4.01. The molecule has 0 aromatic carbocycles. The van der Waals surface area contributed by atoms with Crippen molar-refractivity contribution in [3.05, 3.63) is 21.9 Å². The molecule has 1 atom stereocenters. The van der Waals surface area contributed by atoms with E-state index in [-0.39, 0.29) is 5.91 Å². The van der Waals surface area contributed by atoms with Crippen LogP contribution in [0.15, 0.2) is 11.4 Å². The summed E-state index contributed by atoms with van der Waals surface area (Å²) in [5.74, 6) is -1.34. The van der Waals surface area contributed by atoms with Crippen LogP contribution < -0.4 is 0 Å². The smallest absolute Gasteiger partial charge is 0.308 e. The molecule has 1 aliphatic heterocycles. The number of amides is 1. The highest BCUT2D eigenvalue weighted by Crippen LogP contribution is 2.24. The Bertz CT molecular complexity index is 457. The first-order chi connectivity index (χ1) is 8.63. The zero-order chi connectivity index (χ0) is 13.1. The Labute approximate surface area is 109 Å². The van der Waals surface area contributed by atoms with Gasteiger partial charge in [0.1, 0.15) is 0 Å². The average Bonchev–Trinajstić information content (AvgIpc) is 2.97. The summed E-state index contributed by atoms with van der Waals surface area (Å²) < 4.78 is 5.04. The first kappa shape index (κ1) is 13.0. The van der Waals surface area contributed by atoms with Gasteiger partial charge in [-0.2, -0.15) is 0 Å². The highest BCUT2D eigenvalue weighted by molar-refractivity contribution is 7.12. The highest BCUT2D eigenvalue weighted by atomic mass is 32.1. The Morgan fingerprint density at radius 3 is 3.00 bits per heavy atom. The van der Waals surface area contributed by atoms with Crippen LogP contribution in [0.3, 0.4) is 0 Å². The van der Waals surface area contributed by atoms with Crippen LogP contribution in [-0.4, -0.2) is 42.1 Å². The van der Waals surface area contributed by atoms with Crippen LogP contribution in [0, 0.1) is 5.92 Å². The molecular weight excluding hydrogens is 254 g/mol. The predicted molar refractivity (Wildman–Crippen MR) is 66.7 cm³/mol.